The van der Waals surface area contributed by atoms with Crippen LogP contribution in [0.15, 0.2) is 34.3 Å². The quantitative estimate of drug-likeness (QED) is 0.533. The lowest BCUT2D eigenvalue weighted by Gasteiger charge is -2.01. The molecule has 0 aliphatic rings. The van der Waals surface area contributed by atoms with Crippen molar-refractivity contribution in [1.29, 1.82) is 0 Å². The van der Waals surface area contributed by atoms with Gasteiger partial charge in [0.25, 0.3) is 0 Å². The molecule has 0 saturated carbocycles. The minimum Gasteiger partial charge on any atom is -0.211 e. The summed E-state index contributed by atoms with van der Waals surface area (Å²) in [6.45, 7) is 0.916. The van der Waals surface area contributed by atoms with Crippen LogP contribution in [0, 0.1) is 0 Å². The van der Waals surface area contributed by atoms with Crippen LogP contribution in [0.5, 0.6) is 0 Å². The van der Waals surface area contributed by atoms with Gasteiger partial charge in [-0.3, -0.25) is 0 Å². The summed E-state index contributed by atoms with van der Waals surface area (Å²) in [5, 5.41) is 0. The SMILES string of the molecule is O=C=NCCc1cccc(CCN=C=O)c1. The number of rotatable bonds is 6. The van der Waals surface area contributed by atoms with Crippen molar-refractivity contribution in [2.24, 2.45) is 9.98 Å². The highest BCUT2D eigenvalue weighted by molar-refractivity contribution is 5.33. The second-order valence-corrected chi connectivity index (χ2v) is 3.27. The molecule has 82 valence electrons. The molecule has 0 aliphatic heterocycles. The van der Waals surface area contributed by atoms with E-state index in [1.165, 1.54) is 12.2 Å². The monoisotopic (exact) mass is 216 g/mol. The Hall–Kier alpha value is -2.02. The minimum absolute atomic E-state index is 0.458. The van der Waals surface area contributed by atoms with Crippen molar-refractivity contribution in [2.45, 2.75) is 12.8 Å². The zero-order chi connectivity index (χ0) is 11.6. The van der Waals surface area contributed by atoms with E-state index in [-0.39, 0.29) is 0 Å². The molecule has 0 unspecified atom stereocenters. The van der Waals surface area contributed by atoms with Gasteiger partial charge < -0.3 is 0 Å². The Morgan fingerprint density at radius 2 is 1.44 bits per heavy atom. The summed E-state index contributed by atoms with van der Waals surface area (Å²) >= 11 is 0. The van der Waals surface area contributed by atoms with E-state index >= 15 is 0 Å². The van der Waals surface area contributed by atoms with Gasteiger partial charge in [0.1, 0.15) is 0 Å². The average Bonchev–Trinajstić information content (AvgIpc) is 2.30. The van der Waals surface area contributed by atoms with Crippen molar-refractivity contribution in [2.75, 3.05) is 13.1 Å². The Bertz CT molecular complexity index is 393. The predicted molar refractivity (Wildman–Crippen MR) is 59.8 cm³/mol. The number of aliphatic imine (C=N–C) groups is 2. The van der Waals surface area contributed by atoms with E-state index in [2.05, 4.69) is 9.98 Å². The topological polar surface area (TPSA) is 58.9 Å². The van der Waals surface area contributed by atoms with E-state index in [1.807, 2.05) is 24.3 Å². The maximum Gasteiger partial charge on any atom is 0.234 e. The van der Waals surface area contributed by atoms with Crippen LogP contribution in [-0.4, -0.2) is 25.2 Å². The van der Waals surface area contributed by atoms with Gasteiger partial charge in [-0.25, -0.2) is 19.6 Å². The molecule has 16 heavy (non-hydrogen) atoms. The van der Waals surface area contributed by atoms with E-state index in [4.69, 9.17) is 0 Å². The smallest absolute Gasteiger partial charge is 0.211 e. The van der Waals surface area contributed by atoms with Crippen LogP contribution in [0.25, 0.3) is 0 Å². The third-order valence-electron chi connectivity index (χ3n) is 2.15. The molecule has 0 saturated heterocycles. The summed E-state index contributed by atoms with van der Waals surface area (Å²) in [6.07, 6.45) is 4.47. The van der Waals surface area contributed by atoms with Crippen molar-refractivity contribution >= 4 is 12.2 Å². The van der Waals surface area contributed by atoms with Crippen LogP contribution in [0.2, 0.25) is 0 Å². The lowest BCUT2D eigenvalue weighted by molar-refractivity contribution is 0.562. The summed E-state index contributed by atoms with van der Waals surface area (Å²) in [5.74, 6) is 0. The van der Waals surface area contributed by atoms with Crippen LogP contribution < -0.4 is 0 Å². The molecule has 1 rings (SSSR count). The molecule has 0 spiro atoms. The third kappa shape index (κ3) is 4.47. The fourth-order valence-corrected chi connectivity index (χ4v) is 1.40. The fourth-order valence-electron chi connectivity index (χ4n) is 1.40. The predicted octanol–water partition coefficient (Wildman–Crippen LogP) is 1.44. The van der Waals surface area contributed by atoms with Gasteiger partial charge in [-0.1, -0.05) is 24.3 Å². The number of hydrogen-bond acceptors (Lipinski definition) is 4. The highest BCUT2D eigenvalue weighted by Crippen LogP contribution is 2.07. The lowest BCUT2D eigenvalue weighted by atomic mass is 10.1. The van der Waals surface area contributed by atoms with Crippen LogP contribution in [-0.2, 0) is 22.4 Å². The average molecular weight is 216 g/mol. The summed E-state index contributed by atoms with van der Waals surface area (Å²) in [4.78, 5) is 26.8. The highest BCUT2D eigenvalue weighted by atomic mass is 16.1. The van der Waals surface area contributed by atoms with Gasteiger partial charge in [0.05, 0.1) is 13.1 Å². The molecule has 1 aromatic rings. The first kappa shape index (κ1) is 12.1. The summed E-state index contributed by atoms with van der Waals surface area (Å²) in [7, 11) is 0. The van der Waals surface area contributed by atoms with Gasteiger partial charge in [-0.2, -0.15) is 0 Å². The first-order valence-electron chi connectivity index (χ1n) is 5.02. The number of nitrogens with zero attached hydrogens (tertiary/aromatic N) is 2. The number of isocyanates is 2. The second-order valence-electron chi connectivity index (χ2n) is 3.27. The molecule has 4 heteroatoms. The Labute approximate surface area is 93.7 Å². The molecule has 0 atom stereocenters. The molecule has 0 amide bonds. The van der Waals surface area contributed by atoms with E-state index in [9.17, 15) is 9.59 Å². The molecule has 4 nitrogen and oxygen atoms in total. The van der Waals surface area contributed by atoms with Gasteiger partial charge >= 0.3 is 0 Å². The largest absolute Gasteiger partial charge is 0.234 e. The summed E-state index contributed by atoms with van der Waals surface area (Å²) in [6, 6.07) is 7.93. The van der Waals surface area contributed by atoms with Crippen molar-refractivity contribution < 1.29 is 9.59 Å². The second kappa shape index (κ2) is 7.30. The van der Waals surface area contributed by atoms with Crippen LogP contribution in [0.1, 0.15) is 11.1 Å². The summed E-state index contributed by atoms with van der Waals surface area (Å²) in [5.41, 5.74) is 2.23. The molecule has 0 radical (unpaired) electrons. The molecule has 0 heterocycles. The standard InChI is InChI=1S/C12H12N2O2/c15-9-13-6-4-11-2-1-3-12(8-11)5-7-14-10-16/h1-3,8H,4-7H2. The lowest BCUT2D eigenvalue weighted by Crippen LogP contribution is -1.93. The van der Waals surface area contributed by atoms with Gasteiger partial charge in [-0.15, -0.1) is 0 Å². The van der Waals surface area contributed by atoms with Crippen LogP contribution >= 0.6 is 0 Å². The van der Waals surface area contributed by atoms with Crippen molar-refractivity contribution in [3.8, 4) is 0 Å². The van der Waals surface area contributed by atoms with E-state index in [0.29, 0.717) is 13.1 Å². The van der Waals surface area contributed by atoms with E-state index < -0.39 is 0 Å². The first-order valence-corrected chi connectivity index (χ1v) is 5.02. The third-order valence-corrected chi connectivity index (χ3v) is 2.15. The Morgan fingerprint density at radius 1 is 0.938 bits per heavy atom. The van der Waals surface area contributed by atoms with Gasteiger partial charge in [0.15, 0.2) is 0 Å². The van der Waals surface area contributed by atoms with Gasteiger partial charge in [0.2, 0.25) is 12.2 Å². The van der Waals surface area contributed by atoms with E-state index in [0.717, 1.165) is 24.0 Å². The minimum atomic E-state index is 0.458. The maximum absolute atomic E-state index is 9.90. The molecule has 0 N–H and O–H groups in total. The fraction of sp³-hybridized carbons (Fsp3) is 0.333. The Morgan fingerprint density at radius 3 is 1.88 bits per heavy atom. The number of carbonyl (C=O) groups excluding carboxylic acids is 2. The molecule has 0 bridgehead atoms. The zero-order valence-corrected chi connectivity index (χ0v) is 8.85. The van der Waals surface area contributed by atoms with Crippen molar-refractivity contribution in [3.63, 3.8) is 0 Å². The maximum atomic E-state index is 9.90. The normalized spacial score (nSPS) is 9.00. The Balaban J connectivity index is 2.55. The molecular formula is C12H12N2O2. The highest BCUT2D eigenvalue weighted by Gasteiger charge is 1.95. The molecule has 0 aliphatic carbocycles. The number of benzene rings is 1. The van der Waals surface area contributed by atoms with Crippen molar-refractivity contribution in [1.82, 2.24) is 0 Å². The molecule has 1 aromatic carbocycles. The van der Waals surface area contributed by atoms with Crippen molar-refractivity contribution in [3.05, 3.63) is 35.4 Å². The zero-order valence-electron chi connectivity index (χ0n) is 8.85. The summed E-state index contributed by atoms with van der Waals surface area (Å²) < 4.78 is 0. The van der Waals surface area contributed by atoms with Crippen LogP contribution in [0.3, 0.4) is 0 Å². The Kier molecular flexibility index (Phi) is 5.49. The number of hydrogen-bond donors (Lipinski definition) is 0. The van der Waals surface area contributed by atoms with Crippen LogP contribution in [0.4, 0.5) is 0 Å². The van der Waals surface area contributed by atoms with Gasteiger partial charge in [0, 0.05) is 0 Å². The van der Waals surface area contributed by atoms with E-state index in [1.54, 1.807) is 0 Å². The molecule has 0 aromatic heterocycles. The first-order chi connectivity index (χ1) is 7.86. The molecular weight excluding hydrogens is 204 g/mol. The molecule has 0 fully saturated rings. The van der Waals surface area contributed by atoms with Gasteiger partial charge in [-0.05, 0) is 24.0 Å².